The van der Waals surface area contributed by atoms with Crippen molar-refractivity contribution in [2.75, 3.05) is 7.11 Å². The second kappa shape index (κ2) is 6.02. The van der Waals surface area contributed by atoms with Crippen LogP contribution in [0.5, 0.6) is 17.4 Å². The van der Waals surface area contributed by atoms with Crippen molar-refractivity contribution in [3.05, 3.63) is 44.3 Å². The molecule has 0 spiro atoms. The SMILES string of the molecule is COc1ccc(Oc2ncnc(Cl)c2Br)cc1[N+](=O)[O-]. The molecule has 0 N–H and O–H groups in total. The molecule has 0 radical (unpaired) electrons. The third-order valence-corrected chi connectivity index (χ3v) is 3.51. The zero-order valence-electron chi connectivity index (χ0n) is 10.0. The Labute approximate surface area is 126 Å². The zero-order chi connectivity index (χ0) is 14.7. The van der Waals surface area contributed by atoms with E-state index in [1.807, 2.05) is 0 Å². The Morgan fingerprint density at radius 2 is 2.15 bits per heavy atom. The summed E-state index contributed by atoms with van der Waals surface area (Å²) in [6.07, 6.45) is 1.22. The lowest BCUT2D eigenvalue weighted by Gasteiger charge is -2.08. The van der Waals surface area contributed by atoms with Gasteiger partial charge in [-0.05, 0) is 28.1 Å². The smallest absolute Gasteiger partial charge is 0.314 e. The van der Waals surface area contributed by atoms with Gasteiger partial charge in [0.15, 0.2) is 10.9 Å². The standard InChI is InChI=1S/C11H7BrClN3O4/c1-19-8-3-2-6(4-7(8)16(17)18)20-11-9(12)10(13)14-5-15-11/h2-5H,1H3. The van der Waals surface area contributed by atoms with Crippen molar-refractivity contribution in [3.8, 4) is 17.4 Å². The first-order chi connectivity index (χ1) is 9.52. The summed E-state index contributed by atoms with van der Waals surface area (Å²) >= 11 is 8.98. The van der Waals surface area contributed by atoms with E-state index in [0.29, 0.717) is 4.47 Å². The van der Waals surface area contributed by atoms with Crippen LogP contribution < -0.4 is 9.47 Å². The molecular weight excluding hydrogens is 353 g/mol. The van der Waals surface area contributed by atoms with Gasteiger partial charge >= 0.3 is 5.69 Å². The van der Waals surface area contributed by atoms with Gasteiger partial charge < -0.3 is 9.47 Å². The molecule has 1 heterocycles. The number of nitro benzene ring substituents is 1. The van der Waals surface area contributed by atoms with Gasteiger partial charge in [0.05, 0.1) is 18.1 Å². The van der Waals surface area contributed by atoms with Gasteiger partial charge in [-0.15, -0.1) is 0 Å². The van der Waals surface area contributed by atoms with Crippen LogP contribution in [0.1, 0.15) is 0 Å². The van der Waals surface area contributed by atoms with E-state index in [4.69, 9.17) is 21.1 Å². The topological polar surface area (TPSA) is 87.4 Å². The van der Waals surface area contributed by atoms with Crippen molar-refractivity contribution in [1.29, 1.82) is 0 Å². The van der Waals surface area contributed by atoms with Crippen LogP contribution >= 0.6 is 27.5 Å². The first-order valence-electron chi connectivity index (χ1n) is 5.19. The summed E-state index contributed by atoms with van der Waals surface area (Å²) in [6, 6.07) is 4.19. The van der Waals surface area contributed by atoms with Gasteiger partial charge in [0, 0.05) is 0 Å². The van der Waals surface area contributed by atoms with Gasteiger partial charge in [-0.3, -0.25) is 10.1 Å². The molecule has 0 unspecified atom stereocenters. The Bertz CT molecular complexity index is 668. The summed E-state index contributed by atoms with van der Waals surface area (Å²) in [5.41, 5.74) is -0.207. The molecule has 0 saturated carbocycles. The monoisotopic (exact) mass is 359 g/mol. The maximum atomic E-state index is 10.9. The van der Waals surface area contributed by atoms with E-state index in [2.05, 4.69) is 25.9 Å². The number of halogens is 2. The highest BCUT2D eigenvalue weighted by Crippen LogP contribution is 2.35. The molecule has 0 aliphatic rings. The number of methoxy groups -OCH3 is 1. The second-order valence-electron chi connectivity index (χ2n) is 3.48. The molecule has 0 atom stereocenters. The molecule has 1 aromatic heterocycles. The Balaban J connectivity index is 2.37. The van der Waals surface area contributed by atoms with Crippen LogP contribution in [-0.4, -0.2) is 22.0 Å². The van der Waals surface area contributed by atoms with E-state index in [1.165, 1.54) is 31.6 Å². The van der Waals surface area contributed by atoms with E-state index < -0.39 is 4.92 Å². The number of aromatic nitrogens is 2. The molecule has 0 aliphatic heterocycles. The van der Waals surface area contributed by atoms with Crippen molar-refractivity contribution < 1.29 is 14.4 Å². The van der Waals surface area contributed by atoms with E-state index >= 15 is 0 Å². The first kappa shape index (κ1) is 14.5. The Kier molecular flexibility index (Phi) is 4.35. The van der Waals surface area contributed by atoms with Crippen LogP contribution in [0.3, 0.4) is 0 Å². The molecule has 1 aromatic carbocycles. The Hall–Kier alpha value is -1.93. The van der Waals surface area contributed by atoms with Crippen LogP contribution in [0.4, 0.5) is 5.69 Å². The minimum Gasteiger partial charge on any atom is -0.490 e. The van der Waals surface area contributed by atoms with Crippen LogP contribution in [0.25, 0.3) is 0 Å². The molecule has 20 heavy (non-hydrogen) atoms. The fourth-order valence-electron chi connectivity index (χ4n) is 1.39. The highest BCUT2D eigenvalue weighted by Gasteiger charge is 2.17. The molecule has 9 heteroatoms. The molecule has 0 bridgehead atoms. The average Bonchev–Trinajstić information content (AvgIpc) is 2.43. The molecule has 0 amide bonds. The third kappa shape index (κ3) is 2.97. The van der Waals surface area contributed by atoms with Crippen LogP contribution in [0.2, 0.25) is 5.15 Å². The van der Waals surface area contributed by atoms with Gasteiger partial charge in [-0.2, -0.15) is 0 Å². The Morgan fingerprint density at radius 1 is 1.40 bits per heavy atom. The normalized spacial score (nSPS) is 10.2. The van der Waals surface area contributed by atoms with Crippen molar-refractivity contribution >= 4 is 33.2 Å². The van der Waals surface area contributed by atoms with Gasteiger partial charge in [-0.25, -0.2) is 9.97 Å². The second-order valence-corrected chi connectivity index (χ2v) is 4.63. The van der Waals surface area contributed by atoms with Crippen molar-refractivity contribution in [2.45, 2.75) is 0 Å². The number of ether oxygens (including phenoxy) is 2. The van der Waals surface area contributed by atoms with Crippen LogP contribution in [0, 0.1) is 10.1 Å². The van der Waals surface area contributed by atoms with Crippen molar-refractivity contribution in [3.63, 3.8) is 0 Å². The third-order valence-electron chi connectivity index (χ3n) is 2.28. The fourth-order valence-corrected chi connectivity index (χ4v) is 1.80. The molecule has 2 aromatic rings. The molecule has 7 nitrogen and oxygen atoms in total. The number of hydrogen-bond acceptors (Lipinski definition) is 6. The summed E-state index contributed by atoms with van der Waals surface area (Å²) in [4.78, 5) is 18.0. The first-order valence-corrected chi connectivity index (χ1v) is 6.36. The number of nitro groups is 1. The predicted octanol–water partition coefficient (Wildman–Crippen LogP) is 3.60. The van der Waals surface area contributed by atoms with E-state index in [-0.39, 0.29) is 28.2 Å². The highest BCUT2D eigenvalue weighted by molar-refractivity contribution is 9.10. The lowest BCUT2D eigenvalue weighted by molar-refractivity contribution is -0.385. The van der Waals surface area contributed by atoms with Crippen molar-refractivity contribution in [1.82, 2.24) is 9.97 Å². The number of benzene rings is 1. The Morgan fingerprint density at radius 3 is 2.80 bits per heavy atom. The summed E-state index contributed by atoms with van der Waals surface area (Å²) in [7, 11) is 1.35. The van der Waals surface area contributed by atoms with E-state index in [9.17, 15) is 10.1 Å². The van der Waals surface area contributed by atoms with Crippen molar-refractivity contribution in [2.24, 2.45) is 0 Å². The summed E-state index contributed by atoms with van der Waals surface area (Å²) in [5, 5.41) is 11.1. The lowest BCUT2D eigenvalue weighted by Crippen LogP contribution is -1.96. The maximum Gasteiger partial charge on any atom is 0.314 e. The predicted molar refractivity (Wildman–Crippen MR) is 74.5 cm³/mol. The summed E-state index contributed by atoms with van der Waals surface area (Å²) in [6.45, 7) is 0. The van der Waals surface area contributed by atoms with Crippen LogP contribution in [-0.2, 0) is 0 Å². The number of nitrogens with zero attached hydrogens (tertiary/aromatic N) is 3. The van der Waals surface area contributed by atoms with E-state index in [0.717, 1.165) is 0 Å². The molecule has 104 valence electrons. The lowest BCUT2D eigenvalue weighted by atomic mass is 10.3. The average molecular weight is 361 g/mol. The van der Waals surface area contributed by atoms with Gasteiger partial charge in [0.25, 0.3) is 0 Å². The zero-order valence-corrected chi connectivity index (χ0v) is 12.4. The molecule has 0 saturated heterocycles. The van der Waals surface area contributed by atoms with Gasteiger partial charge in [0.2, 0.25) is 5.88 Å². The molecule has 2 rings (SSSR count). The largest absolute Gasteiger partial charge is 0.490 e. The summed E-state index contributed by atoms with van der Waals surface area (Å²) < 4.78 is 10.7. The van der Waals surface area contributed by atoms with Crippen LogP contribution in [0.15, 0.2) is 29.0 Å². The van der Waals surface area contributed by atoms with E-state index in [1.54, 1.807) is 0 Å². The minimum atomic E-state index is -0.562. The molecule has 0 fully saturated rings. The van der Waals surface area contributed by atoms with Gasteiger partial charge in [0.1, 0.15) is 16.5 Å². The fraction of sp³-hybridized carbons (Fsp3) is 0.0909. The molecular formula is C11H7BrClN3O4. The quantitative estimate of drug-likeness (QED) is 0.470. The number of rotatable bonds is 4. The summed E-state index contributed by atoms with van der Waals surface area (Å²) in [5.74, 6) is 0.527. The maximum absolute atomic E-state index is 10.9. The highest BCUT2D eigenvalue weighted by atomic mass is 79.9. The minimum absolute atomic E-state index is 0.141. The number of hydrogen-bond donors (Lipinski definition) is 0. The molecule has 0 aliphatic carbocycles. The van der Waals surface area contributed by atoms with Gasteiger partial charge in [-0.1, -0.05) is 11.6 Å².